The fraction of sp³-hybridized carbons (Fsp3) is 0.806. The third-order valence-corrected chi connectivity index (χ3v) is 49.1. The van der Waals surface area contributed by atoms with Gasteiger partial charge in [0.2, 0.25) is 5.31 Å². The van der Waals surface area contributed by atoms with Crippen LogP contribution >= 0.6 is 30.6 Å². The minimum atomic E-state index is -2.22. The van der Waals surface area contributed by atoms with Crippen LogP contribution in [-0.4, -0.2) is 53.8 Å². The van der Waals surface area contributed by atoms with Crippen LogP contribution in [0.5, 0.6) is 0 Å². The van der Waals surface area contributed by atoms with Gasteiger partial charge in [-0.25, -0.2) is 0 Å². The number of hydrogen-bond acceptors (Lipinski definition) is 0. The summed E-state index contributed by atoms with van der Waals surface area (Å²) in [6, 6.07) is 5.70. The summed E-state index contributed by atoms with van der Waals surface area (Å²) in [6.45, 7) is 55.3. The van der Waals surface area contributed by atoms with Crippen LogP contribution in [0.3, 0.4) is 0 Å². The van der Waals surface area contributed by atoms with E-state index < -0.39 is 53.8 Å². The number of hydrogen-bond donors (Lipinski definition) is 0. The maximum atomic E-state index is 4.59. The van der Waals surface area contributed by atoms with E-state index in [0.717, 1.165) is 15.5 Å². The highest BCUT2D eigenvalue weighted by Crippen LogP contribution is 2.51. The lowest BCUT2D eigenvalue weighted by Crippen LogP contribution is -2.57. The number of benzene rings is 1. The molecular formula is C31H68Br2Si7. The number of halogens is 2. The van der Waals surface area contributed by atoms with Gasteiger partial charge in [0.1, 0.15) is 0 Å². The topological polar surface area (TPSA) is 0 Å². The third-order valence-electron chi connectivity index (χ3n) is 8.63. The molecule has 0 N–H and O–H groups in total. The highest BCUT2D eigenvalue weighted by molar-refractivity contribution is 9.51. The van der Waals surface area contributed by atoms with Crippen LogP contribution < -0.4 is 5.19 Å². The van der Waals surface area contributed by atoms with Crippen molar-refractivity contribution >= 4 is 89.5 Å². The zero-order valence-electron chi connectivity index (χ0n) is 30.6. The van der Waals surface area contributed by atoms with Gasteiger partial charge in [0.15, 0.2) is 0 Å². The molecule has 0 fully saturated rings. The molecule has 0 atom stereocenters. The van der Waals surface area contributed by atoms with Gasteiger partial charge in [-0.15, -0.1) is 30.6 Å². The van der Waals surface area contributed by atoms with E-state index in [2.05, 4.69) is 181 Å². The lowest BCUT2D eigenvalue weighted by Gasteiger charge is -2.48. The Morgan fingerprint density at radius 3 is 0.850 bits per heavy atom. The lowest BCUT2D eigenvalue weighted by molar-refractivity contribution is 0.752. The molecular weight excluding hydrogens is 729 g/mol. The zero-order valence-corrected chi connectivity index (χ0v) is 40.8. The van der Waals surface area contributed by atoms with Crippen molar-refractivity contribution in [2.24, 2.45) is 0 Å². The molecule has 234 valence electrons. The zero-order chi connectivity index (χ0) is 32.5. The Morgan fingerprint density at radius 2 is 0.675 bits per heavy atom. The highest BCUT2D eigenvalue weighted by atomic mass is 79.9. The van der Waals surface area contributed by atoms with Crippen molar-refractivity contribution in [3.63, 3.8) is 0 Å². The van der Waals surface area contributed by atoms with Crippen LogP contribution in [-0.2, 0) is 0 Å². The van der Waals surface area contributed by atoms with Crippen molar-refractivity contribution in [3.8, 4) is 0 Å². The largest absolute Gasteiger partial charge is 0.236 e. The fourth-order valence-electron chi connectivity index (χ4n) is 8.83. The van der Waals surface area contributed by atoms with E-state index in [1.807, 2.05) is 0 Å². The summed E-state index contributed by atoms with van der Waals surface area (Å²) >= 11 is 9.18. The normalized spacial score (nSPS) is 15.6. The molecule has 0 heterocycles. The summed E-state index contributed by atoms with van der Waals surface area (Å²) in [5, 5.41) is 1.91. The predicted molar refractivity (Wildman–Crippen MR) is 218 cm³/mol. The second-order valence-electron chi connectivity index (χ2n) is 20.4. The van der Waals surface area contributed by atoms with Crippen LogP contribution in [0, 0.1) is 0 Å². The van der Waals surface area contributed by atoms with Gasteiger partial charge in [-0.1, -0.05) is 151 Å². The molecule has 1 aromatic carbocycles. The first-order valence-electron chi connectivity index (χ1n) is 15.6. The maximum Gasteiger partial charge on any atom is 0.236 e. The highest BCUT2D eigenvalue weighted by Gasteiger charge is 2.52. The Balaban J connectivity index is 4.83. The summed E-state index contributed by atoms with van der Waals surface area (Å²) in [6.07, 6.45) is 0. The molecule has 0 aromatic heterocycles. The Labute approximate surface area is 275 Å². The van der Waals surface area contributed by atoms with E-state index in [9.17, 15) is 0 Å². The summed E-state index contributed by atoms with van der Waals surface area (Å²) in [4.78, 5) is 0. The van der Waals surface area contributed by atoms with Crippen molar-refractivity contribution in [1.82, 2.24) is 0 Å². The molecule has 0 saturated heterocycles. The van der Waals surface area contributed by atoms with Gasteiger partial charge in [0, 0.05) is 48.4 Å². The summed E-state index contributed by atoms with van der Waals surface area (Å²) in [5.74, 6) is 0. The minimum Gasteiger partial charge on any atom is -0.104 e. The van der Waals surface area contributed by atoms with Crippen molar-refractivity contribution < 1.29 is 0 Å². The van der Waals surface area contributed by atoms with E-state index >= 15 is 0 Å². The van der Waals surface area contributed by atoms with Gasteiger partial charge >= 0.3 is 0 Å². The molecule has 0 spiro atoms. The molecule has 0 nitrogen and oxygen atoms in total. The molecule has 1 rings (SSSR count). The maximum absolute atomic E-state index is 4.59. The average Bonchev–Trinajstić information content (AvgIpc) is 2.51. The summed E-state index contributed by atoms with van der Waals surface area (Å²) < 4.78 is 0. The summed E-state index contributed by atoms with van der Waals surface area (Å²) in [7, 11) is -9.11. The molecule has 0 amide bonds. The SMILES string of the molecule is CC(C)(C)[Si](Br)(Br)c1c(C([Si](C)(C)C)[Si](C)(C)C)cc(C([Si](C)(C)C)[Si](C)(C)C)cc1C([Si](C)(C)C)[Si](C)(C)C. The van der Waals surface area contributed by atoms with Crippen molar-refractivity contribution in [2.75, 3.05) is 0 Å². The van der Waals surface area contributed by atoms with Crippen LogP contribution in [0.15, 0.2) is 12.1 Å². The number of rotatable bonds is 10. The Morgan fingerprint density at radius 1 is 0.450 bits per heavy atom. The van der Waals surface area contributed by atoms with E-state index in [1.54, 1.807) is 21.9 Å². The molecule has 0 radical (unpaired) electrons. The molecule has 0 bridgehead atoms. The van der Waals surface area contributed by atoms with Crippen LogP contribution in [0.2, 0.25) is 123 Å². The van der Waals surface area contributed by atoms with Gasteiger partial charge in [0.05, 0.1) is 0 Å². The monoisotopic (exact) mass is 794 g/mol. The Bertz CT molecular complexity index is 938. The standard InChI is InChI=1S/C31H68Br2Si7/c1-31(2,3)40(32,33)27-25(29(36(10,11)12)37(13,14)15)22-24(28(34(4,5)6)35(7,8)9)23-26(27)30(38(16,17)18)39(19,20)21/h22-23,28-30H,1-21H3. The minimum absolute atomic E-state index is 0.155. The van der Waals surface area contributed by atoms with Gasteiger partial charge in [-0.3, -0.25) is 0 Å². The van der Waals surface area contributed by atoms with Gasteiger partial charge < -0.3 is 0 Å². The fourth-order valence-corrected chi connectivity index (χ4v) is 52.2. The van der Waals surface area contributed by atoms with Gasteiger partial charge in [0.25, 0.3) is 0 Å². The molecule has 0 aliphatic heterocycles. The van der Waals surface area contributed by atoms with Crippen molar-refractivity contribution in [1.29, 1.82) is 0 Å². The first-order valence-corrected chi connectivity index (χ1v) is 43.6. The molecule has 0 saturated carbocycles. The van der Waals surface area contributed by atoms with E-state index in [-0.39, 0.29) is 5.04 Å². The van der Waals surface area contributed by atoms with Crippen molar-refractivity contribution in [2.45, 2.75) is 159 Å². The third kappa shape index (κ3) is 9.13. The lowest BCUT2D eigenvalue weighted by atomic mass is 10.1. The first-order chi connectivity index (χ1) is 17.1. The quantitative estimate of drug-likeness (QED) is 0.163. The second-order valence-corrected chi connectivity index (χ2v) is 67.5. The molecule has 0 aliphatic rings. The Kier molecular flexibility index (Phi) is 12.1. The molecule has 0 unspecified atom stereocenters. The average molecular weight is 797 g/mol. The summed E-state index contributed by atoms with van der Waals surface area (Å²) in [5.41, 5.74) is 5.29. The molecule has 0 aliphatic carbocycles. The molecule has 40 heavy (non-hydrogen) atoms. The molecule has 1 aromatic rings. The van der Waals surface area contributed by atoms with Crippen LogP contribution in [0.1, 0.15) is 53.0 Å². The van der Waals surface area contributed by atoms with Crippen LogP contribution in [0.25, 0.3) is 0 Å². The van der Waals surface area contributed by atoms with Crippen LogP contribution in [0.4, 0.5) is 0 Å². The molecule has 9 heteroatoms. The van der Waals surface area contributed by atoms with E-state index in [1.165, 1.54) is 0 Å². The van der Waals surface area contributed by atoms with Gasteiger partial charge in [-0.2, -0.15) is 0 Å². The van der Waals surface area contributed by atoms with Crippen molar-refractivity contribution in [3.05, 3.63) is 28.8 Å². The van der Waals surface area contributed by atoms with Gasteiger partial charge in [-0.05, 0) is 42.4 Å². The van der Waals surface area contributed by atoms with E-state index in [4.69, 9.17) is 0 Å². The predicted octanol–water partition coefficient (Wildman–Crippen LogP) is 12.4. The second kappa shape index (κ2) is 12.1. The first kappa shape index (κ1) is 39.7. The Hall–Kier alpha value is 1.70. The van der Waals surface area contributed by atoms with E-state index in [0.29, 0.717) is 0 Å². The smallest absolute Gasteiger partial charge is 0.104 e.